The molecule has 4 nitrogen and oxygen atoms in total. The lowest BCUT2D eigenvalue weighted by atomic mass is 10.1. The summed E-state index contributed by atoms with van der Waals surface area (Å²) < 4.78 is 0. The Balaban J connectivity index is 2.08. The number of nitrogens with one attached hydrogen (secondary N) is 2. The van der Waals surface area contributed by atoms with Crippen molar-refractivity contribution in [2.24, 2.45) is 0 Å². The van der Waals surface area contributed by atoms with Crippen LogP contribution in [0.4, 0.5) is 17.2 Å². The SMILES string of the molecule is CCC(=O)Nc1ccc(Nc2cc(C)cc(C)c2)nc1. The van der Waals surface area contributed by atoms with E-state index < -0.39 is 0 Å². The molecule has 0 bridgehead atoms. The molecule has 0 spiro atoms. The maximum Gasteiger partial charge on any atom is 0.224 e. The van der Waals surface area contributed by atoms with Gasteiger partial charge in [-0.3, -0.25) is 4.79 Å². The van der Waals surface area contributed by atoms with Crippen molar-refractivity contribution in [1.29, 1.82) is 0 Å². The lowest BCUT2D eigenvalue weighted by molar-refractivity contribution is -0.115. The molecule has 20 heavy (non-hydrogen) atoms. The van der Waals surface area contributed by atoms with Crippen molar-refractivity contribution >= 4 is 23.1 Å². The average Bonchev–Trinajstić information content (AvgIpc) is 2.39. The maximum absolute atomic E-state index is 11.3. The number of anilines is 3. The van der Waals surface area contributed by atoms with Crippen molar-refractivity contribution in [2.45, 2.75) is 27.2 Å². The Morgan fingerprint density at radius 3 is 2.35 bits per heavy atom. The van der Waals surface area contributed by atoms with Crippen molar-refractivity contribution in [3.63, 3.8) is 0 Å². The van der Waals surface area contributed by atoms with Gasteiger partial charge in [-0.2, -0.15) is 0 Å². The van der Waals surface area contributed by atoms with Gasteiger partial charge in [0.25, 0.3) is 0 Å². The van der Waals surface area contributed by atoms with Crippen molar-refractivity contribution in [2.75, 3.05) is 10.6 Å². The van der Waals surface area contributed by atoms with Crippen LogP contribution in [0.25, 0.3) is 0 Å². The van der Waals surface area contributed by atoms with Gasteiger partial charge in [0.1, 0.15) is 5.82 Å². The van der Waals surface area contributed by atoms with E-state index in [9.17, 15) is 4.79 Å². The van der Waals surface area contributed by atoms with E-state index in [4.69, 9.17) is 0 Å². The fourth-order valence-corrected chi connectivity index (χ4v) is 1.99. The van der Waals surface area contributed by atoms with E-state index in [0.717, 1.165) is 11.5 Å². The summed E-state index contributed by atoms with van der Waals surface area (Å²) in [4.78, 5) is 15.6. The van der Waals surface area contributed by atoms with Gasteiger partial charge < -0.3 is 10.6 Å². The normalized spacial score (nSPS) is 10.2. The van der Waals surface area contributed by atoms with Crippen molar-refractivity contribution in [3.05, 3.63) is 47.7 Å². The minimum Gasteiger partial charge on any atom is -0.340 e. The molecule has 1 aromatic carbocycles. The Bertz CT molecular complexity index is 585. The highest BCUT2D eigenvalue weighted by Gasteiger charge is 2.01. The molecule has 4 heteroatoms. The number of nitrogens with zero attached hydrogens (tertiary/aromatic N) is 1. The summed E-state index contributed by atoms with van der Waals surface area (Å²) in [7, 11) is 0. The van der Waals surface area contributed by atoms with Crippen molar-refractivity contribution < 1.29 is 4.79 Å². The molecule has 0 atom stereocenters. The third kappa shape index (κ3) is 3.82. The molecule has 0 unspecified atom stereocenters. The molecule has 2 aromatic rings. The van der Waals surface area contributed by atoms with Crippen LogP contribution in [-0.4, -0.2) is 10.9 Å². The summed E-state index contributed by atoms with van der Waals surface area (Å²) in [5, 5.41) is 6.03. The van der Waals surface area contributed by atoms with Gasteiger partial charge in [0.2, 0.25) is 5.91 Å². The third-order valence-electron chi connectivity index (χ3n) is 2.86. The van der Waals surface area contributed by atoms with Crippen LogP contribution in [0.5, 0.6) is 0 Å². The summed E-state index contributed by atoms with van der Waals surface area (Å²) >= 11 is 0. The number of carbonyl (C=O) groups is 1. The summed E-state index contributed by atoms with van der Waals surface area (Å²) in [6, 6.07) is 9.96. The minimum atomic E-state index is -0.0122. The fraction of sp³-hybridized carbons (Fsp3) is 0.250. The predicted octanol–water partition coefficient (Wildman–Crippen LogP) is 3.79. The number of aryl methyl sites for hydroxylation is 2. The zero-order valence-corrected chi connectivity index (χ0v) is 12.0. The number of carbonyl (C=O) groups excluding carboxylic acids is 1. The fourth-order valence-electron chi connectivity index (χ4n) is 1.99. The molecule has 0 radical (unpaired) electrons. The van der Waals surface area contributed by atoms with E-state index in [1.807, 2.05) is 19.1 Å². The number of aromatic nitrogens is 1. The molecule has 0 aliphatic heterocycles. The quantitative estimate of drug-likeness (QED) is 0.887. The van der Waals surface area contributed by atoms with Gasteiger partial charge >= 0.3 is 0 Å². The number of hydrogen-bond donors (Lipinski definition) is 2. The highest BCUT2D eigenvalue weighted by atomic mass is 16.1. The first kappa shape index (κ1) is 14.1. The standard InChI is InChI=1S/C16H19N3O/c1-4-16(20)19-13-5-6-15(17-10-13)18-14-8-11(2)7-12(3)9-14/h5-10H,4H2,1-3H3,(H,17,18)(H,19,20). The molecule has 1 heterocycles. The Morgan fingerprint density at radius 1 is 1.10 bits per heavy atom. The maximum atomic E-state index is 11.3. The van der Waals surface area contributed by atoms with Gasteiger partial charge in [0.05, 0.1) is 11.9 Å². The van der Waals surface area contributed by atoms with Crippen LogP contribution in [0, 0.1) is 13.8 Å². The number of amides is 1. The molecule has 0 saturated carbocycles. The zero-order chi connectivity index (χ0) is 14.5. The van der Waals surface area contributed by atoms with E-state index in [2.05, 4.69) is 47.7 Å². The number of benzene rings is 1. The molecular formula is C16H19N3O. The first-order valence-electron chi connectivity index (χ1n) is 6.68. The van der Waals surface area contributed by atoms with Crippen LogP contribution in [0.15, 0.2) is 36.5 Å². The molecule has 1 aromatic heterocycles. The summed E-state index contributed by atoms with van der Waals surface area (Å²) in [5.41, 5.74) is 4.14. The molecule has 0 aliphatic carbocycles. The molecule has 104 valence electrons. The average molecular weight is 269 g/mol. The molecule has 0 aliphatic rings. The Morgan fingerprint density at radius 2 is 1.80 bits per heavy atom. The molecule has 2 rings (SSSR count). The van der Waals surface area contributed by atoms with Gasteiger partial charge in [0, 0.05) is 12.1 Å². The van der Waals surface area contributed by atoms with E-state index in [0.29, 0.717) is 12.1 Å². The zero-order valence-electron chi connectivity index (χ0n) is 12.0. The predicted molar refractivity (Wildman–Crippen MR) is 82.4 cm³/mol. The molecular weight excluding hydrogens is 250 g/mol. The van der Waals surface area contributed by atoms with Crippen LogP contribution in [0.1, 0.15) is 24.5 Å². The highest BCUT2D eigenvalue weighted by Crippen LogP contribution is 2.19. The van der Waals surface area contributed by atoms with Crippen LogP contribution in [-0.2, 0) is 4.79 Å². The van der Waals surface area contributed by atoms with Crippen LogP contribution >= 0.6 is 0 Å². The lowest BCUT2D eigenvalue weighted by Gasteiger charge is -2.09. The molecule has 0 saturated heterocycles. The second-order valence-electron chi connectivity index (χ2n) is 4.84. The van der Waals surface area contributed by atoms with E-state index >= 15 is 0 Å². The second kappa shape index (κ2) is 6.19. The van der Waals surface area contributed by atoms with E-state index in [-0.39, 0.29) is 5.91 Å². The summed E-state index contributed by atoms with van der Waals surface area (Å²) in [6.45, 7) is 5.95. The smallest absolute Gasteiger partial charge is 0.224 e. The van der Waals surface area contributed by atoms with Gasteiger partial charge in [-0.05, 0) is 49.2 Å². The molecule has 0 fully saturated rings. The van der Waals surface area contributed by atoms with Crippen LogP contribution < -0.4 is 10.6 Å². The second-order valence-corrected chi connectivity index (χ2v) is 4.84. The third-order valence-corrected chi connectivity index (χ3v) is 2.86. The minimum absolute atomic E-state index is 0.0122. The van der Waals surface area contributed by atoms with E-state index in [1.165, 1.54) is 11.1 Å². The molecule has 1 amide bonds. The lowest BCUT2D eigenvalue weighted by Crippen LogP contribution is -2.09. The first-order valence-corrected chi connectivity index (χ1v) is 6.68. The molecule has 2 N–H and O–H groups in total. The Hall–Kier alpha value is -2.36. The van der Waals surface area contributed by atoms with Crippen LogP contribution in [0.2, 0.25) is 0 Å². The van der Waals surface area contributed by atoms with Crippen LogP contribution in [0.3, 0.4) is 0 Å². The topological polar surface area (TPSA) is 54.0 Å². The Kier molecular flexibility index (Phi) is 4.35. The number of rotatable bonds is 4. The summed E-state index contributed by atoms with van der Waals surface area (Å²) in [6.07, 6.45) is 2.11. The monoisotopic (exact) mass is 269 g/mol. The number of hydrogen-bond acceptors (Lipinski definition) is 3. The van der Waals surface area contributed by atoms with Gasteiger partial charge in [-0.15, -0.1) is 0 Å². The largest absolute Gasteiger partial charge is 0.340 e. The number of pyridine rings is 1. The van der Waals surface area contributed by atoms with Crippen molar-refractivity contribution in [1.82, 2.24) is 4.98 Å². The first-order chi connectivity index (χ1) is 9.56. The van der Waals surface area contributed by atoms with Gasteiger partial charge in [-0.1, -0.05) is 13.0 Å². The Labute approximate surface area is 119 Å². The highest BCUT2D eigenvalue weighted by molar-refractivity contribution is 5.90. The van der Waals surface area contributed by atoms with Gasteiger partial charge in [0.15, 0.2) is 0 Å². The summed E-state index contributed by atoms with van der Waals surface area (Å²) in [5.74, 6) is 0.742. The van der Waals surface area contributed by atoms with Gasteiger partial charge in [-0.25, -0.2) is 4.98 Å². The van der Waals surface area contributed by atoms with Crippen molar-refractivity contribution in [3.8, 4) is 0 Å². The van der Waals surface area contributed by atoms with E-state index in [1.54, 1.807) is 6.20 Å².